The molecular weight excluding hydrogens is 137 g/mol. The molecular formula is C5H14NO2P. The van der Waals surface area contributed by atoms with Gasteiger partial charge in [-0.05, 0) is 14.1 Å². The van der Waals surface area contributed by atoms with Crippen LogP contribution < -0.4 is 0 Å². The van der Waals surface area contributed by atoms with Crippen molar-refractivity contribution in [1.82, 2.24) is 4.90 Å². The van der Waals surface area contributed by atoms with Crippen molar-refractivity contribution in [2.24, 2.45) is 0 Å². The van der Waals surface area contributed by atoms with E-state index in [9.17, 15) is 4.57 Å². The highest BCUT2D eigenvalue weighted by atomic mass is 31.2. The van der Waals surface area contributed by atoms with Crippen LogP contribution in [-0.2, 0) is 9.09 Å². The molecule has 0 spiro atoms. The van der Waals surface area contributed by atoms with Crippen LogP contribution in [0.15, 0.2) is 0 Å². The fraction of sp³-hybridized carbons (Fsp3) is 1.00. The van der Waals surface area contributed by atoms with Crippen LogP contribution in [0.2, 0.25) is 0 Å². The lowest BCUT2D eigenvalue weighted by Crippen LogP contribution is -2.13. The molecule has 0 heterocycles. The van der Waals surface area contributed by atoms with Gasteiger partial charge in [-0.25, -0.2) is 0 Å². The van der Waals surface area contributed by atoms with Gasteiger partial charge >= 0.3 is 0 Å². The van der Waals surface area contributed by atoms with E-state index in [1.807, 2.05) is 19.0 Å². The molecule has 9 heavy (non-hydrogen) atoms. The minimum atomic E-state index is -2.30. The van der Waals surface area contributed by atoms with E-state index in [4.69, 9.17) is 4.52 Å². The zero-order valence-electron chi connectivity index (χ0n) is 6.42. The lowest BCUT2D eigenvalue weighted by atomic mass is 11.0. The molecule has 4 heteroatoms. The Kier molecular flexibility index (Phi) is 3.41. The second-order valence-corrected chi connectivity index (χ2v) is 5.09. The summed E-state index contributed by atoms with van der Waals surface area (Å²) in [6.07, 6.45) is 0.517. The third-order valence-electron chi connectivity index (χ3n) is 0.926. The van der Waals surface area contributed by atoms with E-state index in [-0.39, 0.29) is 0 Å². The maximum Gasteiger partial charge on any atom is 0.213 e. The first-order valence-corrected chi connectivity index (χ1v) is 5.00. The summed E-state index contributed by atoms with van der Waals surface area (Å²) < 4.78 is 15.9. The summed E-state index contributed by atoms with van der Waals surface area (Å²) in [6.45, 7) is 1.63. The SMILES string of the molecule is COP(C)(=O)CN(C)C. The summed E-state index contributed by atoms with van der Waals surface area (Å²) in [4.78, 5) is 1.85. The van der Waals surface area contributed by atoms with Crippen LogP contribution >= 0.6 is 7.37 Å². The molecule has 0 bridgehead atoms. The molecule has 0 radical (unpaired) electrons. The topological polar surface area (TPSA) is 29.5 Å². The van der Waals surface area contributed by atoms with Crippen LogP contribution in [0.5, 0.6) is 0 Å². The monoisotopic (exact) mass is 151 g/mol. The standard InChI is InChI=1S/C5H14NO2P/c1-6(2)5-9(4,7)8-3/h5H2,1-4H3. The Morgan fingerprint density at radius 1 is 1.56 bits per heavy atom. The highest BCUT2D eigenvalue weighted by molar-refractivity contribution is 7.58. The first-order valence-electron chi connectivity index (χ1n) is 2.75. The van der Waals surface area contributed by atoms with Gasteiger partial charge in [0.05, 0.1) is 6.29 Å². The van der Waals surface area contributed by atoms with Crippen LogP contribution in [0.1, 0.15) is 0 Å². The molecule has 0 saturated carbocycles. The predicted octanol–water partition coefficient (Wildman–Crippen LogP) is 1.06. The molecule has 0 N–H and O–H groups in total. The zero-order chi connectivity index (χ0) is 7.49. The zero-order valence-corrected chi connectivity index (χ0v) is 7.31. The van der Waals surface area contributed by atoms with Crippen molar-refractivity contribution in [2.75, 3.05) is 34.2 Å². The van der Waals surface area contributed by atoms with Gasteiger partial charge in [-0.15, -0.1) is 0 Å². The van der Waals surface area contributed by atoms with Crippen LogP contribution in [-0.4, -0.2) is 39.1 Å². The Labute approximate surface area is 56.4 Å². The Hall–Kier alpha value is 0.150. The van der Waals surface area contributed by atoms with E-state index >= 15 is 0 Å². The fourth-order valence-electron chi connectivity index (χ4n) is 0.572. The average Bonchev–Trinajstić information content (AvgIpc) is 1.63. The summed E-state index contributed by atoms with van der Waals surface area (Å²) in [7, 11) is 2.91. The maximum absolute atomic E-state index is 11.1. The van der Waals surface area contributed by atoms with E-state index < -0.39 is 7.37 Å². The van der Waals surface area contributed by atoms with Gasteiger partial charge in [0, 0.05) is 13.8 Å². The van der Waals surface area contributed by atoms with Gasteiger partial charge in [-0.1, -0.05) is 0 Å². The second-order valence-electron chi connectivity index (χ2n) is 2.42. The summed E-state index contributed by atoms with van der Waals surface area (Å²) in [6, 6.07) is 0. The molecule has 0 aromatic heterocycles. The van der Waals surface area contributed by atoms with Gasteiger partial charge in [0.1, 0.15) is 0 Å². The third kappa shape index (κ3) is 4.64. The second kappa shape index (κ2) is 3.35. The number of hydrogen-bond acceptors (Lipinski definition) is 3. The van der Waals surface area contributed by atoms with Crippen molar-refractivity contribution in [1.29, 1.82) is 0 Å². The third-order valence-corrected chi connectivity index (χ3v) is 2.78. The smallest absolute Gasteiger partial charge is 0.213 e. The Morgan fingerprint density at radius 3 is 2.11 bits per heavy atom. The Balaban J connectivity index is 3.73. The molecule has 0 aliphatic rings. The van der Waals surface area contributed by atoms with Crippen molar-refractivity contribution in [3.8, 4) is 0 Å². The van der Waals surface area contributed by atoms with Gasteiger partial charge < -0.3 is 9.42 Å². The molecule has 0 aromatic rings. The van der Waals surface area contributed by atoms with E-state index in [0.717, 1.165) is 0 Å². The maximum atomic E-state index is 11.1. The van der Waals surface area contributed by atoms with Gasteiger partial charge in [0.15, 0.2) is 0 Å². The fourth-order valence-corrected chi connectivity index (χ4v) is 1.71. The minimum Gasteiger partial charge on any atom is -0.331 e. The van der Waals surface area contributed by atoms with Gasteiger partial charge in [0.25, 0.3) is 0 Å². The largest absolute Gasteiger partial charge is 0.331 e. The van der Waals surface area contributed by atoms with Crippen molar-refractivity contribution in [3.63, 3.8) is 0 Å². The number of rotatable bonds is 3. The quantitative estimate of drug-likeness (QED) is 0.565. The van der Waals surface area contributed by atoms with Crippen molar-refractivity contribution in [2.45, 2.75) is 0 Å². The van der Waals surface area contributed by atoms with Crippen LogP contribution in [0.4, 0.5) is 0 Å². The summed E-state index contributed by atoms with van der Waals surface area (Å²) >= 11 is 0. The molecule has 3 nitrogen and oxygen atoms in total. The van der Waals surface area contributed by atoms with Gasteiger partial charge in [-0.2, -0.15) is 0 Å². The molecule has 1 unspecified atom stereocenters. The van der Waals surface area contributed by atoms with Crippen LogP contribution in [0.25, 0.3) is 0 Å². The minimum absolute atomic E-state index is 0.517. The van der Waals surface area contributed by atoms with Gasteiger partial charge in [0.2, 0.25) is 7.37 Å². The molecule has 0 aliphatic carbocycles. The van der Waals surface area contributed by atoms with E-state index in [1.54, 1.807) is 6.66 Å². The number of hydrogen-bond donors (Lipinski definition) is 0. The molecule has 0 saturated heterocycles. The first-order chi connectivity index (χ1) is 3.98. The van der Waals surface area contributed by atoms with Crippen molar-refractivity contribution >= 4 is 7.37 Å². The lowest BCUT2D eigenvalue weighted by Gasteiger charge is -2.15. The van der Waals surface area contributed by atoms with E-state index in [1.165, 1.54) is 7.11 Å². The number of nitrogens with zero attached hydrogens (tertiary/aromatic N) is 1. The molecule has 0 aliphatic heterocycles. The Morgan fingerprint density at radius 2 is 2.00 bits per heavy atom. The first kappa shape index (κ1) is 9.15. The lowest BCUT2D eigenvalue weighted by molar-refractivity contribution is 0.368. The molecule has 0 rings (SSSR count). The average molecular weight is 151 g/mol. The van der Waals surface area contributed by atoms with Crippen molar-refractivity contribution in [3.05, 3.63) is 0 Å². The summed E-state index contributed by atoms with van der Waals surface area (Å²) in [5, 5.41) is 0. The van der Waals surface area contributed by atoms with Crippen LogP contribution in [0.3, 0.4) is 0 Å². The predicted molar refractivity (Wildman–Crippen MR) is 39.1 cm³/mol. The molecule has 1 atom stereocenters. The van der Waals surface area contributed by atoms with Gasteiger partial charge in [-0.3, -0.25) is 4.57 Å². The van der Waals surface area contributed by atoms with Crippen LogP contribution in [0, 0.1) is 0 Å². The van der Waals surface area contributed by atoms with Crippen molar-refractivity contribution < 1.29 is 9.09 Å². The summed E-state index contributed by atoms with van der Waals surface area (Å²) in [5.41, 5.74) is 0. The molecule has 56 valence electrons. The van der Waals surface area contributed by atoms with E-state index in [2.05, 4.69) is 0 Å². The molecule has 0 fully saturated rings. The Bertz CT molecular complexity index is 124. The molecule has 0 amide bonds. The highest BCUT2D eigenvalue weighted by Crippen LogP contribution is 2.40. The normalized spacial score (nSPS) is 17.9. The highest BCUT2D eigenvalue weighted by Gasteiger charge is 2.13. The molecule has 0 aromatic carbocycles. The summed E-state index contributed by atoms with van der Waals surface area (Å²) in [5.74, 6) is 0. The van der Waals surface area contributed by atoms with E-state index in [0.29, 0.717) is 6.29 Å².